The SMILES string of the molecule is C[C@]12CC(O)[C@]3(F)[C@@H](CCC4=CC(=O)CC[C@@]43C)[C@@H]1CCC2(O)C(=O)O. The van der Waals surface area contributed by atoms with E-state index in [4.69, 9.17) is 0 Å². The van der Waals surface area contributed by atoms with E-state index in [0.717, 1.165) is 5.57 Å². The summed E-state index contributed by atoms with van der Waals surface area (Å²) >= 11 is 0. The average Bonchev–Trinajstić information content (AvgIpc) is 2.83. The van der Waals surface area contributed by atoms with Crippen LogP contribution in [0.5, 0.6) is 0 Å². The van der Waals surface area contributed by atoms with Gasteiger partial charge in [0, 0.05) is 23.2 Å². The van der Waals surface area contributed by atoms with Crippen molar-refractivity contribution in [3.63, 3.8) is 0 Å². The van der Waals surface area contributed by atoms with E-state index in [0.29, 0.717) is 25.7 Å². The van der Waals surface area contributed by atoms with E-state index in [1.807, 2.05) is 6.92 Å². The van der Waals surface area contributed by atoms with E-state index in [-0.39, 0.29) is 31.0 Å². The van der Waals surface area contributed by atoms with Gasteiger partial charge in [0.2, 0.25) is 0 Å². The van der Waals surface area contributed by atoms with Gasteiger partial charge >= 0.3 is 5.97 Å². The van der Waals surface area contributed by atoms with Crippen molar-refractivity contribution in [3.05, 3.63) is 11.6 Å². The number of aliphatic hydroxyl groups is 2. The lowest BCUT2D eigenvalue weighted by Gasteiger charge is -2.63. The second kappa shape index (κ2) is 5.16. The molecular formula is C20H27FO5. The van der Waals surface area contributed by atoms with Crippen molar-refractivity contribution in [3.8, 4) is 0 Å². The van der Waals surface area contributed by atoms with E-state index in [1.165, 1.54) is 0 Å². The monoisotopic (exact) mass is 366 g/mol. The van der Waals surface area contributed by atoms with Crippen molar-refractivity contribution < 1.29 is 29.3 Å². The number of carboxylic acids is 1. The lowest BCUT2D eigenvalue weighted by molar-refractivity contribution is -0.231. The minimum absolute atomic E-state index is 0.00998. The molecule has 3 N–H and O–H groups in total. The fourth-order valence-corrected chi connectivity index (χ4v) is 6.93. The lowest BCUT2D eigenvalue weighted by Crippen LogP contribution is -2.69. The number of carbonyl (C=O) groups excluding carboxylic acids is 1. The zero-order chi connectivity index (χ0) is 19.1. The molecule has 0 aromatic heterocycles. The van der Waals surface area contributed by atoms with Gasteiger partial charge in [-0.1, -0.05) is 19.4 Å². The smallest absolute Gasteiger partial charge is 0.336 e. The lowest BCUT2D eigenvalue weighted by atomic mass is 9.44. The molecule has 0 amide bonds. The predicted molar refractivity (Wildman–Crippen MR) is 91.0 cm³/mol. The van der Waals surface area contributed by atoms with E-state index in [1.54, 1.807) is 13.0 Å². The van der Waals surface area contributed by atoms with Crippen LogP contribution in [0.15, 0.2) is 11.6 Å². The normalized spacial score (nSPS) is 53.3. The first-order valence-corrected chi connectivity index (χ1v) is 9.57. The van der Waals surface area contributed by atoms with Crippen LogP contribution in [0, 0.1) is 22.7 Å². The van der Waals surface area contributed by atoms with Crippen LogP contribution in [0.4, 0.5) is 4.39 Å². The Labute approximate surface area is 152 Å². The number of aliphatic carboxylic acids is 1. The molecule has 0 saturated heterocycles. The Morgan fingerprint density at radius 2 is 1.88 bits per heavy atom. The molecule has 26 heavy (non-hydrogen) atoms. The number of rotatable bonds is 1. The molecule has 7 atom stereocenters. The summed E-state index contributed by atoms with van der Waals surface area (Å²) in [6.07, 6.45) is 2.34. The number of carbonyl (C=O) groups is 2. The van der Waals surface area contributed by atoms with Crippen LogP contribution in [0.2, 0.25) is 0 Å². The molecule has 0 heterocycles. The van der Waals surface area contributed by atoms with E-state index in [2.05, 4.69) is 0 Å². The van der Waals surface area contributed by atoms with Gasteiger partial charge in [-0.25, -0.2) is 9.18 Å². The highest BCUT2D eigenvalue weighted by atomic mass is 19.1. The van der Waals surface area contributed by atoms with Crippen LogP contribution in [-0.4, -0.2) is 44.4 Å². The molecule has 0 radical (unpaired) electrons. The third kappa shape index (κ3) is 1.82. The maximum atomic E-state index is 16.7. The minimum Gasteiger partial charge on any atom is -0.479 e. The summed E-state index contributed by atoms with van der Waals surface area (Å²) in [7, 11) is 0. The molecule has 3 fully saturated rings. The van der Waals surface area contributed by atoms with Gasteiger partial charge in [0.25, 0.3) is 0 Å². The molecule has 3 saturated carbocycles. The Morgan fingerprint density at radius 3 is 2.54 bits per heavy atom. The number of aliphatic hydroxyl groups excluding tert-OH is 1. The van der Waals surface area contributed by atoms with Crippen LogP contribution >= 0.6 is 0 Å². The summed E-state index contributed by atoms with van der Waals surface area (Å²) in [6.45, 7) is 3.50. The maximum absolute atomic E-state index is 16.7. The first-order valence-electron chi connectivity index (χ1n) is 9.57. The zero-order valence-corrected chi connectivity index (χ0v) is 15.3. The molecule has 6 heteroatoms. The molecule has 0 spiro atoms. The number of hydrogen-bond donors (Lipinski definition) is 3. The Bertz CT molecular complexity index is 719. The number of carboxylic acid groups (broad SMARTS) is 1. The average molecular weight is 366 g/mol. The van der Waals surface area contributed by atoms with Crippen LogP contribution in [0.1, 0.15) is 58.8 Å². The number of ketones is 1. The molecule has 0 aliphatic heterocycles. The number of hydrogen-bond acceptors (Lipinski definition) is 4. The first-order chi connectivity index (χ1) is 12.0. The van der Waals surface area contributed by atoms with E-state index in [9.17, 15) is 24.9 Å². The molecule has 0 aromatic rings. The minimum atomic E-state index is -1.93. The molecule has 4 rings (SSSR count). The highest BCUT2D eigenvalue weighted by molar-refractivity contribution is 5.91. The van der Waals surface area contributed by atoms with Crippen molar-refractivity contribution in [2.24, 2.45) is 22.7 Å². The molecule has 4 aliphatic carbocycles. The summed E-state index contributed by atoms with van der Waals surface area (Å²) < 4.78 is 16.7. The molecule has 0 bridgehead atoms. The van der Waals surface area contributed by atoms with Crippen LogP contribution in [0.3, 0.4) is 0 Å². The van der Waals surface area contributed by atoms with Crippen molar-refractivity contribution in [2.45, 2.75) is 76.2 Å². The summed E-state index contributed by atoms with van der Waals surface area (Å²) in [6, 6.07) is 0. The molecule has 5 nitrogen and oxygen atoms in total. The Hall–Kier alpha value is -1.27. The van der Waals surface area contributed by atoms with Gasteiger partial charge in [0.05, 0.1) is 6.10 Å². The van der Waals surface area contributed by atoms with E-state index < -0.39 is 40.1 Å². The Kier molecular flexibility index (Phi) is 3.60. The fraction of sp³-hybridized carbons (Fsp3) is 0.800. The first kappa shape index (κ1) is 18.1. The molecule has 144 valence electrons. The van der Waals surface area contributed by atoms with Crippen molar-refractivity contribution >= 4 is 11.8 Å². The molecule has 2 unspecified atom stereocenters. The van der Waals surface area contributed by atoms with Gasteiger partial charge in [-0.3, -0.25) is 4.79 Å². The van der Waals surface area contributed by atoms with Crippen molar-refractivity contribution in [2.75, 3.05) is 0 Å². The highest BCUT2D eigenvalue weighted by Gasteiger charge is 2.74. The number of halogens is 1. The van der Waals surface area contributed by atoms with Gasteiger partial charge in [-0.05, 0) is 50.5 Å². The maximum Gasteiger partial charge on any atom is 0.336 e. The standard InChI is InChI=1S/C20H27FO5/c1-17-7-5-12(22)9-11(17)3-4-14-13-6-8-19(26,16(24)25)18(13,2)10-15(23)20(14,17)21/h9,13-15,23,26H,3-8,10H2,1-2H3,(H,24,25)/t13-,14-,15?,17-,18-,19?,20+/m0/s1. The van der Waals surface area contributed by atoms with E-state index >= 15 is 4.39 Å². The predicted octanol–water partition coefficient (Wildman–Crippen LogP) is 2.40. The number of alkyl halides is 1. The summed E-state index contributed by atoms with van der Waals surface area (Å²) in [5, 5.41) is 31.4. The zero-order valence-electron chi connectivity index (χ0n) is 15.3. The van der Waals surface area contributed by atoms with Gasteiger partial charge in [0.15, 0.2) is 11.4 Å². The van der Waals surface area contributed by atoms with Crippen LogP contribution in [-0.2, 0) is 9.59 Å². The summed E-state index contributed by atoms with van der Waals surface area (Å²) in [4.78, 5) is 23.6. The fourth-order valence-electron chi connectivity index (χ4n) is 6.93. The van der Waals surface area contributed by atoms with Crippen molar-refractivity contribution in [1.29, 1.82) is 0 Å². The second-order valence-corrected chi connectivity index (χ2v) is 9.33. The highest BCUT2D eigenvalue weighted by Crippen LogP contribution is 2.70. The van der Waals surface area contributed by atoms with Gasteiger partial charge in [-0.15, -0.1) is 0 Å². The summed E-state index contributed by atoms with van der Waals surface area (Å²) in [5.74, 6) is -2.09. The Balaban J connectivity index is 1.82. The quantitative estimate of drug-likeness (QED) is 0.662. The third-order valence-corrected chi connectivity index (χ3v) is 8.55. The second-order valence-electron chi connectivity index (χ2n) is 9.33. The van der Waals surface area contributed by atoms with Crippen LogP contribution in [0.25, 0.3) is 0 Å². The van der Waals surface area contributed by atoms with Crippen LogP contribution < -0.4 is 0 Å². The Morgan fingerprint density at radius 1 is 1.19 bits per heavy atom. The topological polar surface area (TPSA) is 94.8 Å². The van der Waals surface area contributed by atoms with Gasteiger partial charge in [-0.2, -0.15) is 0 Å². The summed E-state index contributed by atoms with van der Waals surface area (Å²) in [5.41, 5.74) is -5.01. The molecular weight excluding hydrogens is 339 g/mol. The van der Waals surface area contributed by atoms with Gasteiger partial charge in [0.1, 0.15) is 5.67 Å². The molecule has 4 aliphatic rings. The number of allylic oxidation sites excluding steroid dienone is 1. The van der Waals surface area contributed by atoms with Gasteiger partial charge < -0.3 is 15.3 Å². The third-order valence-electron chi connectivity index (χ3n) is 8.55. The molecule has 0 aromatic carbocycles. The van der Waals surface area contributed by atoms with Crippen molar-refractivity contribution in [1.82, 2.24) is 0 Å². The number of fused-ring (bicyclic) bond motifs is 5. The largest absolute Gasteiger partial charge is 0.479 e.